The number of methoxy groups -OCH3 is 3. The van der Waals surface area contributed by atoms with Crippen molar-refractivity contribution in [3.05, 3.63) is 53.6 Å². The van der Waals surface area contributed by atoms with Crippen LogP contribution in [0.25, 0.3) is 4.91 Å². The quantitative estimate of drug-likeness (QED) is 0.846. The predicted molar refractivity (Wildman–Crippen MR) is 105 cm³/mol. The molecular formula is C19H20N2O5S. The highest BCUT2D eigenvalue weighted by Crippen LogP contribution is 2.35. The van der Waals surface area contributed by atoms with Crippen LogP contribution in [0.1, 0.15) is 12.5 Å². The topological polar surface area (TPSA) is 86.2 Å². The molecule has 0 aromatic heterocycles. The number of hydrogen-bond acceptors (Lipinski definition) is 6. The molecule has 1 aliphatic rings. The molecule has 0 saturated heterocycles. The summed E-state index contributed by atoms with van der Waals surface area (Å²) in [6.07, 6.45) is 0. The molecule has 0 saturated carbocycles. The highest BCUT2D eigenvalue weighted by atomic mass is 32.2. The summed E-state index contributed by atoms with van der Waals surface area (Å²) in [7, 11) is 0.818. The van der Waals surface area contributed by atoms with E-state index in [2.05, 4.69) is 9.71 Å². The Labute approximate surface area is 158 Å². The van der Waals surface area contributed by atoms with Crippen LogP contribution in [-0.4, -0.2) is 35.6 Å². The van der Waals surface area contributed by atoms with Gasteiger partial charge in [0.15, 0.2) is 0 Å². The number of nitrogens with one attached hydrogen (secondary N) is 1. The lowest BCUT2D eigenvalue weighted by atomic mass is 10.1. The van der Waals surface area contributed by atoms with E-state index >= 15 is 0 Å². The minimum absolute atomic E-state index is 0.162. The fourth-order valence-corrected chi connectivity index (χ4v) is 4.23. The zero-order valence-electron chi connectivity index (χ0n) is 15.4. The Balaban J connectivity index is 2.01. The number of nitrogens with zero attached hydrogens (tertiary/aromatic N) is 1. The van der Waals surface area contributed by atoms with Gasteiger partial charge in [-0.2, -0.15) is 8.42 Å². The summed E-state index contributed by atoms with van der Waals surface area (Å²) in [5.74, 6) is 2.04. The van der Waals surface area contributed by atoms with Gasteiger partial charge in [0.25, 0.3) is 10.0 Å². The SMILES string of the molecule is COc1ccc(C2=C(C)C(Nc3cc(OC)ccc3OC)=NS2(=O)=O)cc1. The molecule has 0 radical (unpaired) electrons. The van der Waals surface area contributed by atoms with Crippen LogP contribution >= 0.6 is 0 Å². The molecule has 2 aromatic carbocycles. The molecule has 27 heavy (non-hydrogen) atoms. The molecule has 1 heterocycles. The van der Waals surface area contributed by atoms with E-state index in [1.54, 1.807) is 63.6 Å². The van der Waals surface area contributed by atoms with Crippen LogP contribution in [0.4, 0.5) is 5.69 Å². The first kappa shape index (κ1) is 18.8. The zero-order valence-corrected chi connectivity index (χ0v) is 16.3. The van der Waals surface area contributed by atoms with Crippen molar-refractivity contribution < 1.29 is 22.6 Å². The van der Waals surface area contributed by atoms with E-state index in [9.17, 15) is 8.42 Å². The number of amidine groups is 1. The lowest BCUT2D eigenvalue weighted by molar-refractivity contribution is 0.405. The molecule has 0 atom stereocenters. The summed E-state index contributed by atoms with van der Waals surface area (Å²) in [5, 5.41) is 3.05. The van der Waals surface area contributed by atoms with Gasteiger partial charge in [0.2, 0.25) is 0 Å². The molecule has 0 spiro atoms. The summed E-state index contributed by atoms with van der Waals surface area (Å²) in [4.78, 5) is 0.162. The normalized spacial score (nSPS) is 15.3. The van der Waals surface area contributed by atoms with E-state index in [1.807, 2.05) is 0 Å². The minimum atomic E-state index is -3.82. The number of rotatable bonds is 5. The third kappa shape index (κ3) is 3.61. The number of hydrogen-bond donors (Lipinski definition) is 1. The van der Waals surface area contributed by atoms with Gasteiger partial charge in [-0.3, -0.25) is 0 Å². The number of anilines is 1. The highest BCUT2D eigenvalue weighted by molar-refractivity contribution is 8.00. The first-order valence-corrected chi connectivity index (χ1v) is 9.53. The Kier molecular flexibility index (Phi) is 5.09. The average Bonchev–Trinajstić information content (AvgIpc) is 2.89. The molecular weight excluding hydrogens is 368 g/mol. The van der Waals surface area contributed by atoms with Crippen LogP contribution in [0.3, 0.4) is 0 Å². The van der Waals surface area contributed by atoms with E-state index in [0.717, 1.165) is 0 Å². The fraction of sp³-hybridized carbons (Fsp3) is 0.211. The highest BCUT2D eigenvalue weighted by Gasteiger charge is 2.31. The van der Waals surface area contributed by atoms with Crippen molar-refractivity contribution in [3.8, 4) is 17.2 Å². The smallest absolute Gasteiger partial charge is 0.285 e. The second-order valence-corrected chi connectivity index (χ2v) is 7.33. The van der Waals surface area contributed by atoms with E-state index in [4.69, 9.17) is 14.2 Å². The van der Waals surface area contributed by atoms with Crippen molar-refractivity contribution >= 4 is 26.5 Å². The maximum atomic E-state index is 12.6. The van der Waals surface area contributed by atoms with E-state index in [0.29, 0.717) is 34.1 Å². The van der Waals surface area contributed by atoms with Crippen molar-refractivity contribution in [1.29, 1.82) is 0 Å². The Bertz CT molecular complexity index is 1020. The molecule has 0 aliphatic carbocycles. The Hall–Kier alpha value is -3.00. The molecule has 0 fully saturated rings. The molecule has 2 aromatic rings. The number of ether oxygens (including phenoxy) is 3. The van der Waals surface area contributed by atoms with Crippen molar-refractivity contribution in [2.24, 2.45) is 4.40 Å². The fourth-order valence-electron chi connectivity index (χ4n) is 2.80. The predicted octanol–water partition coefficient (Wildman–Crippen LogP) is 3.30. The largest absolute Gasteiger partial charge is 0.497 e. The van der Waals surface area contributed by atoms with Crippen LogP contribution in [0.15, 0.2) is 52.4 Å². The molecule has 0 bridgehead atoms. The molecule has 0 amide bonds. The maximum absolute atomic E-state index is 12.6. The molecule has 0 unspecified atom stereocenters. The first-order chi connectivity index (χ1) is 12.9. The van der Waals surface area contributed by atoms with Gasteiger partial charge >= 0.3 is 0 Å². The maximum Gasteiger partial charge on any atom is 0.285 e. The number of sulfonamides is 1. The van der Waals surface area contributed by atoms with Crippen LogP contribution in [0, 0.1) is 0 Å². The summed E-state index contributed by atoms with van der Waals surface area (Å²) < 4.78 is 44.8. The summed E-state index contributed by atoms with van der Waals surface area (Å²) in [6.45, 7) is 1.71. The molecule has 142 valence electrons. The Morgan fingerprint density at radius 3 is 2.11 bits per heavy atom. The van der Waals surface area contributed by atoms with Gasteiger partial charge in [-0.25, -0.2) is 0 Å². The van der Waals surface area contributed by atoms with Crippen molar-refractivity contribution in [1.82, 2.24) is 0 Å². The molecule has 8 heteroatoms. The van der Waals surface area contributed by atoms with Crippen LogP contribution in [0.2, 0.25) is 0 Å². The van der Waals surface area contributed by atoms with Gasteiger partial charge in [-0.05, 0) is 48.9 Å². The standard InChI is InChI=1S/C19H20N2O5S/c1-12-18(13-5-7-14(24-2)8-6-13)27(22,23)21-19(12)20-16-11-15(25-3)9-10-17(16)26-4/h5-11H,1-4H3,(H,20,21). The third-order valence-electron chi connectivity index (χ3n) is 4.18. The van der Waals surface area contributed by atoms with Crippen LogP contribution in [0.5, 0.6) is 17.2 Å². The van der Waals surface area contributed by atoms with Gasteiger partial charge in [-0.1, -0.05) is 0 Å². The summed E-state index contributed by atoms with van der Waals surface area (Å²) in [5.41, 5.74) is 1.62. The first-order valence-electron chi connectivity index (χ1n) is 8.09. The van der Waals surface area contributed by atoms with Gasteiger partial charge < -0.3 is 19.5 Å². The Morgan fingerprint density at radius 2 is 1.52 bits per heavy atom. The summed E-state index contributed by atoms with van der Waals surface area (Å²) >= 11 is 0. The van der Waals surface area contributed by atoms with Crippen molar-refractivity contribution in [3.63, 3.8) is 0 Å². The number of benzene rings is 2. The van der Waals surface area contributed by atoms with Gasteiger partial charge in [0.1, 0.15) is 28.0 Å². The van der Waals surface area contributed by atoms with E-state index in [1.165, 1.54) is 7.11 Å². The van der Waals surface area contributed by atoms with Gasteiger partial charge in [0, 0.05) is 11.6 Å². The van der Waals surface area contributed by atoms with Crippen LogP contribution < -0.4 is 19.5 Å². The lowest BCUT2D eigenvalue weighted by Gasteiger charge is -2.13. The van der Waals surface area contributed by atoms with E-state index < -0.39 is 10.0 Å². The second-order valence-electron chi connectivity index (χ2n) is 5.79. The van der Waals surface area contributed by atoms with Crippen molar-refractivity contribution in [2.45, 2.75) is 6.92 Å². The summed E-state index contributed by atoms with van der Waals surface area (Å²) in [6, 6.07) is 12.0. The zero-order chi connectivity index (χ0) is 19.6. The Morgan fingerprint density at radius 1 is 0.889 bits per heavy atom. The minimum Gasteiger partial charge on any atom is -0.497 e. The molecule has 1 N–H and O–H groups in total. The lowest BCUT2D eigenvalue weighted by Crippen LogP contribution is -2.12. The average molecular weight is 388 g/mol. The van der Waals surface area contributed by atoms with Gasteiger partial charge in [-0.15, -0.1) is 4.40 Å². The molecule has 3 rings (SSSR count). The van der Waals surface area contributed by atoms with Crippen LogP contribution in [-0.2, 0) is 10.0 Å². The van der Waals surface area contributed by atoms with Crippen molar-refractivity contribution in [2.75, 3.05) is 26.6 Å². The molecule has 1 aliphatic heterocycles. The van der Waals surface area contributed by atoms with Gasteiger partial charge in [0.05, 0.1) is 27.0 Å². The second kappa shape index (κ2) is 7.32. The monoisotopic (exact) mass is 388 g/mol. The van der Waals surface area contributed by atoms with E-state index in [-0.39, 0.29) is 10.7 Å². The third-order valence-corrected chi connectivity index (χ3v) is 5.66. The molecule has 7 nitrogen and oxygen atoms in total.